The van der Waals surface area contributed by atoms with Crippen LogP contribution in [0.3, 0.4) is 0 Å². The third-order valence-corrected chi connectivity index (χ3v) is 3.47. The normalized spacial score (nSPS) is 18.3. The molecule has 0 bridgehead atoms. The van der Waals surface area contributed by atoms with Crippen molar-refractivity contribution < 1.29 is 9.13 Å². The van der Waals surface area contributed by atoms with Crippen molar-refractivity contribution >= 4 is 0 Å². The average molecular weight is 237 g/mol. The van der Waals surface area contributed by atoms with Crippen molar-refractivity contribution in [1.29, 1.82) is 0 Å². The van der Waals surface area contributed by atoms with Gasteiger partial charge in [-0.25, -0.2) is 4.39 Å². The fraction of sp³-hybridized carbons (Fsp3) is 0.571. The zero-order valence-electron chi connectivity index (χ0n) is 10.5. The summed E-state index contributed by atoms with van der Waals surface area (Å²) in [4.78, 5) is 0. The zero-order valence-corrected chi connectivity index (χ0v) is 10.5. The molecule has 1 fully saturated rings. The highest BCUT2D eigenvalue weighted by molar-refractivity contribution is 5.36. The van der Waals surface area contributed by atoms with Crippen LogP contribution < -0.4 is 10.1 Å². The summed E-state index contributed by atoms with van der Waals surface area (Å²) in [5.74, 6) is 0.462. The van der Waals surface area contributed by atoms with Crippen molar-refractivity contribution in [3.8, 4) is 5.75 Å². The Bertz CT molecular complexity index is 374. The van der Waals surface area contributed by atoms with Gasteiger partial charge in [0.15, 0.2) is 0 Å². The Hall–Kier alpha value is -1.09. The minimum Gasteiger partial charge on any atom is -0.490 e. The van der Waals surface area contributed by atoms with E-state index in [9.17, 15) is 4.39 Å². The van der Waals surface area contributed by atoms with Gasteiger partial charge in [0.2, 0.25) is 0 Å². The molecule has 1 unspecified atom stereocenters. The SMILES string of the molecule is CNC(C)c1ccc(F)cc1OC1CCCC1. The lowest BCUT2D eigenvalue weighted by molar-refractivity contribution is 0.206. The van der Waals surface area contributed by atoms with Crippen LogP contribution in [0.15, 0.2) is 18.2 Å². The van der Waals surface area contributed by atoms with E-state index in [4.69, 9.17) is 4.74 Å². The molecular formula is C14H20FNO. The summed E-state index contributed by atoms with van der Waals surface area (Å²) in [6.45, 7) is 2.05. The number of rotatable bonds is 4. The Balaban J connectivity index is 2.19. The first-order chi connectivity index (χ1) is 8.20. The number of nitrogens with one attached hydrogen (secondary N) is 1. The van der Waals surface area contributed by atoms with Gasteiger partial charge in [-0.3, -0.25) is 0 Å². The number of hydrogen-bond acceptors (Lipinski definition) is 2. The van der Waals surface area contributed by atoms with Crippen molar-refractivity contribution in [2.45, 2.75) is 44.8 Å². The zero-order chi connectivity index (χ0) is 12.3. The maximum Gasteiger partial charge on any atom is 0.127 e. The molecule has 1 aliphatic carbocycles. The molecule has 3 heteroatoms. The third-order valence-electron chi connectivity index (χ3n) is 3.47. The molecule has 0 spiro atoms. The lowest BCUT2D eigenvalue weighted by Crippen LogP contribution is -2.17. The average Bonchev–Trinajstić information content (AvgIpc) is 2.81. The molecule has 2 rings (SSSR count). The Kier molecular flexibility index (Phi) is 4.00. The maximum atomic E-state index is 13.3. The summed E-state index contributed by atoms with van der Waals surface area (Å²) in [6.07, 6.45) is 4.88. The van der Waals surface area contributed by atoms with E-state index in [1.165, 1.54) is 25.0 Å². The van der Waals surface area contributed by atoms with Gasteiger partial charge in [-0.05, 0) is 45.7 Å². The topological polar surface area (TPSA) is 21.3 Å². The van der Waals surface area contributed by atoms with Crippen molar-refractivity contribution in [2.24, 2.45) is 0 Å². The van der Waals surface area contributed by atoms with Crippen LogP contribution in [0.4, 0.5) is 4.39 Å². The number of hydrogen-bond donors (Lipinski definition) is 1. The molecule has 0 saturated heterocycles. The van der Waals surface area contributed by atoms with Crippen molar-refractivity contribution in [1.82, 2.24) is 5.32 Å². The van der Waals surface area contributed by atoms with Gasteiger partial charge in [0.1, 0.15) is 11.6 Å². The highest BCUT2D eigenvalue weighted by Crippen LogP contribution is 2.30. The van der Waals surface area contributed by atoms with Crippen LogP contribution in [0, 0.1) is 5.82 Å². The number of benzene rings is 1. The van der Waals surface area contributed by atoms with Gasteiger partial charge >= 0.3 is 0 Å². The van der Waals surface area contributed by atoms with Gasteiger partial charge in [0, 0.05) is 17.7 Å². The first-order valence-corrected chi connectivity index (χ1v) is 6.34. The first-order valence-electron chi connectivity index (χ1n) is 6.34. The van der Waals surface area contributed by atoms with E-state index < -0.39 is 0 Å². The number of halogens is 1. The van der Waals surface area contributed by atoms with Crippen molar-refractivity contribution in [3.63, 3.8) is 0 Å². The predicted octanol–water partition coefficient (Wildman–Crippen LogP) is 3.43. The van der Waals surface area contributed by atoms with Crippen LogP contribution >= 0.6 is 0 Å². The fourth-order valence-electron chi connectivity index (χ4n) is 2.31. The summed E-state index contributed by atoms with van der Waals surface area (Å²) < 4.78 is 19.2. The molecule has 1 aromatic rings. The molecule has 94 valence electrons. The second-order valence-corrected chi connectivity index (χ2v) is 4.72. The second kappa shape index (κ2) is 5.50. The smallest absolute Gasteiger partial charge is 0.127 e. The predicted molar refractivity (Wildman–Crippen MR) is 66.8 cm³/mol. The number of ether oxygens (including phenoxy) is 1. The molecule has 1 saturated carbocycles. The van der Waals surface area contributed by atoms with Gasteiger partial charge < -0.3 is 10.1 Å². The molecule has 0 aromatic heterocycles. The monoisotopic (exact) mass is 237 g/mol. The Labute approximate surface area is 102 Å². The summed E-state index contributed by atoms with van der Waals surface area (Å²) in [7, 11) is 1.90. The molecule has 1 aromatic carbocycles. The lowest BCUT2D eigenvalue weighted by atomic mass is 10.1. The van der Waals surface area contributed by atoms with Gasteiger partial charge in [-0.1, -0.05) is 6.07 Å². The Morgan fingerprint density at radius 3 is 2.71 bits per heavy atom. The highest BCUT2D eigenvalue weighted by atomic mass is 19.1. The molecule has 0 heterocycles. The van der Waals surface area contributed by atoms with E-state index in [-0.39, 0.29) is 18.0 Å². The van der Waals surface area contributed by atoms with Crippen molar-refractivity contribution in [2.75, 3.05) is 7.05 Å². The summed E-state index contributed by atoms with van der Waals surface area (Å²) in [6, 6.07) is 4.97. The highest BCUT2D eigenvalue weighted by Gasteiger charge is 2.19. The Morgan fingerprint density at radius 2 is 2.06 bits per heavy atom. The van der Waals surface area contributed by atoms with E-state index in [0.717, 1.165) is 18.4 Å². The molecule has 2 nitrogen and oxygen atoms in total. The van der Waals surface area contributed by atoms with Crippen LogP contribution in [0.2, 0.25) is 0 Å². The molecule has 0 aliphatic heterocycles. The van der Waals surface area contributed by atoms with Crippen LogP contribution in [0.5, 0.6) is 5.75 Å². The van der Waals surface area contributed by atoms with E-state index in [1.807, 2.05) is 7.05 Å². The largest absolute Gasteiger partial charge is 0.490 e. The molecule has 1 N–H and O–H groups in total. The Morgan fingerprint density at radius 1 is 1.35 bits per heavy atom. The summed E-state index contributed by atoms with van der Waals surface area (Å²) in [5.41, 5.74) is 1.03. The maximum absolute atomic E-state index is 13.3. The second-order valence-electron chi connectivity index (χ2n) is 4.72. The van der Waals surface area contributed by atoms with Crippen molar-refractivity contribution in [3.05, 3.63) is 29.6 Å². The molecule has 1 aliphatic rings. The van der Waals surface area contributed by atoms with Crippen LogP contribution in [0.25, 0.3) is 0 Å². The molecule has 0 radical (unpaired) electrons. The van der Waals surface area contributed by atoms with E-state index >= 15 is 0 Å². The minimum absolute atomic E-state index is 0.173. The van der Waals surface area contributed by atoms with Gasteiger partial charge in [0.05, 0.1) is 6.10 Å². The van der Waals surface area contributed by atoms with E-state index in [0.29, 0.717) is 5.75 Å². The molecular weight excluding hydrogens is 217 g/mol. The molecule has 17 heavy (non-hydrogen) atoms. The van der Waals surface area contributed by atoms with Gasteiger partial charge in [-0.15, -0.1) is 0 Å². The van der Waals surface area contributed by atoms with Crippen LogP contribution in [-0.2, 0) is 0 Å². The van der Waals surface area contributed by atoms with Gasteiger partial charge in [-0.2, -0.15) is 0 Å². The quantitative estimate of drug-likeness (QED) is 0.866. The fourth-order valence-corrected chi connectivity index (χ4v) is 2.31. The summed E-state index contributed by atoms with van der Waals surface area (Å²) >= 11 is 0. The van der Waals surface area contributed by atoms with Gasteiger partial charge in [0.25, 0.3) is 0 Å². The lowest BCUT2D eigenvalue weighted by Gasteiger charge is -2.20. The van der Waals surface area contributed by atoms with E-state index in [1.54, 1.807) is 6.07 Å². The minimum atomic E-state index is -0.231. The summed E-state index contributed by atoms with van der Waals surface area (Å²) in [5, 5.41) is 3.16. The van der Waals surface area contributed by atoms with Crippen LogP contribution in [0.1, 0.15) is 44.2 Å². The first kappa shape index (κ1) is 12.4. The molecule has 1 atom stereocenters. The van der Waals surface area contributed by atoms with E-state index in [2.05, 4.69) is 12.2 Å². The molecule has 0 amide bonds. The third kappa shape index (κ3) is 2.97. The van der Waals surface area contributed by atoms with Crippen LogP contribution in [-0.4, -0.2) is 13.2 Å². The standard InChI is InChI=1S/C14H20FNO/c1-10(16-2)13-8-7-11(15)9-14(13)17-12-5-3-4-6-12/h7-10,12,16H,3-6H2,1-2H3.